The molecule has 0 aliphatic carbocycles. The van der Waals surface area contributed by atoms with Crippen molar-refractivity contribution in [2.45, 2.75) is 25.0 Å². The smallest absolute Gasteiger partial charge is 0.137 e. The van der Waals surface area contributed by atoms with E-state index in [2.05, 4.69) is 32.8 Å². The summed E-state index contributed by atoms with van der Waals surface area (Å²) in [5.74, 6) is -0.277. The summed E-state index contributed by atoms with van der Waals surface area (Å²) in [6, 6.07) is 5.05. The summed E-state index contributed by atoms with van der Waals surface area (Å²) >= 11 is 3.26. The van der Waals surface area contributed by atoms with E-state index in [1.165, 1.54) is 6.07 Å². The van der Waals surface area contributed by atoms with Gasteiger partial charge < -0.3 is 10.0 Å². The summed E-state index contributed by atoms with van der Waals surface area (Å²) < 4.78 is 14.0. The first-order valence-electron chi connectivity index (χ1n) is 6.98. The average Bonchev–Trinajstić information content (AvgIpc) is 2.57. The Morgan fingerprint density at radius 3 is 2.90 bits per heavy atom. The summed E-state index contributed by atoms with van der Waals surface area (Å²) in [5, 5.41) is 10.5. The number of halogens is 2. The van der Waals surface area contributed by atoms with Gasteiger partial charge in [0.05, 0.1) is 10.6 Å². The van der Waals surface area contributed by atoms with Crippen molar-refractivity contribution >= 4 is 15.9 Å². The largest absolute Gasteiger partial charge is 0.391 e. The van der Waals surface area contributed by atoms with E-state index in [0.717, 1.165) is 31.6 Å². The predicted molar refractivity (Wildman–Crippen MR) is 82.3 cm³/mol. The molecule has 0 saturated carbocycles. The van der Waals surface area contributed by atoms with Crippen LogP contribution in [-0.4, -0.2) is 60.8 Å². The molecule has 3 nitrogen and oxygen atoms in total. The average molecular weight is 345 g/mol. The molecule has 1 fully saturated rings. The lowest BCUT2D eigenvalue weighted by atomic mass is 10.0. The maximum atomic E-state index is 13.5. The standard InChI is InChI=1S/C15H22BrFN2O/c1-18-7-4-8-19(2)13(10-18)14(20)9-11-5-3-6-12(17)15(11)16/h3,5-6,13-14,20H,4,7-10H2,1-2H3. The molecule has 1 saturated heterocycles. The summed E-state index contributed by atoms with van der Waals surface area (Å²) in [7, 11) is 4.13. The van der Waals surface area contributed by atoms with Gasteiger partial charge in [-0.25, -0.2) is 4.39 Å². The molecule has 2 unspecified atom stereocenters. The highest BCUT2D eigenvalue weighted by Crippen LogP contribution is 2.23. The van der Waals surface area contributed by atoms with Crippen LogP contribution < -0.4 is 0 Å². The molecule has 0 aromatic heterocycles. The first-order valence-corrected chi connectivity index (χ1v) is 7.78. The van der Waals surface area contributed by atoms with Gasteiger partial charge in [0.1, 0.15) is 5.82 Å². The van der Waals surface area contributed by atoms with Crippen LogP contribution >= 0.6 is 15.9 Å². The second kappa shape index (κ2) is 6.98. The predicted octanol–water partition coefficient (Wildman–Crippen LogP) is 2.13. The first-order chi connectivity index (χ1) is 9.49. The van der Waals surface area contributed by atoms with Gasteiger partial charge >= 0.3 is 0 Å². The zero-order chi connectivity index (χ0) is 14.7. The maximum absolute atomic E-state index is 13.5. The van der Waals surface area contributed by atoms with Gasteiger partial charge in [0.25, 0.3) is 0 Å². The minimum absolute atomic E-state index is 0.0812. The van der Waals surface area contributed by atoms with E-state index in [1.54, 1.807) is 6.07 Å². The van der Waals surface area contributed by atoms with Crippen LogP contribution in [0.5, 0.6) is 0 Å². The third kappa shape index (κ3) is 3.79. The minimum Gasteiger partial charge on any atom is -0.391 e. The van der Waals surface area contributed by atoms with Gasteiger partial charge in [-0.2, -0.15) is 0 Å². The lowest BCUT2D eigenvalue weighted by Gasteiger charge is -2.31. The Bertz CT molecular complexity index is 457. The van der Waals surface area contributed by atoms with Gasteiger partial charge in [0, 0.05) is 19.0 Å². The molecule has 0 spiro atoms. The van der Waals surface area contributed by atoms with Crippen LogP contribution in [0.15, 0.2) is 22.7 Å². The highest BCUT2D eigenvalue weighted by molar-refractivity contribution is 9.10. The van der Waals surface area contributed by atoms with Crippen LogP contribution in [0.2, 0.25) is 0 Å². The molecule has 5 heteroatoms. The molecule has 0 bridgehead atoms. The normalized spacial score (nSPS) is 23.6. The summed E-state index contributed by atoms with van der Waals surface area (Å²) in [5.41, 5.74) is 0.817. The van der Waals surface area contributed by atoms with Crippen LogP contribution in [0.4, 0.5) is 4.39 Å². The quantitative estimate of drug-likeness (QED) is 0.909. The lowest BCUT2D eigenvalue weighted by molar-refractivity contribution is 0.0580. The maximum Gasteiger partial charge on any atom is 0.137 e. The Labute approximate surface area is 128 Å². The van der Waals surface area contributed by atoms with E-state index < -0.39 is 6.10 Å². The van der Waals surface area contributed by atoms with Gasteiger partial charge in [-0.3, -0.25) is 4.90 Å². The van der Waals surface area contributed by atoms with E-state index in [4.69, 9.17) is 0 Å². The van der Waals surface area contributed by atoms with Gasteiger partial charge in [0.15, 0.2) is 0 Å². The van der Waals surface area contributed by atoms with E-state index in [1.807, 2.05) is 13.1 Å². The monoisotopic (exact) mass is 344 g/mol. The summed E-state index contributed by atoms with van der Waals surface area (Å²) in [6.07, 6.45) is 1.07. The number of benzene rings is 1. The number of nitrogens with zero attached hydrogens (tertiary/aromatic N) is 2. The third-order valence-corrected chi connectivity index (χ3v) is 4.91. The van der Waals surface area contributed by atoms with Crippen molar-refractivity contribution in [2.24, 2.45) is 0 Å². The fraction of sp³-hybridized carbons (Fsp3) is 0.600. The van der Waals surface area contributed by atoms with Gasteiger partial charge in [-0.05, 0) is 61.2 Å². The Morgan fingerprint density at radius 2 is 2.15 bits per heavy atom. The molecule has 2 atom stereocenters. The molecule has 1 aliphatic rings. The van der Waals surface area contributed by atoms with Crippen molar-refractivity contribution in [3.63, 3.8) is 0 Å². The van der Waals surface area contributed by atoms with E-state index in [9.17, 15) is 9.50 Å². The van der Waals surface area contributed by atoms with Crippen LogP contribution in [0, 0.1) is 5.82 Å². The summed E-state index contributed by atoms with van der Waals surface area (Å²) in [6.45, 7) is 2.87. The molecular formula is C15H22BrFN2O. The Hall–Kier alpha value is -0.490. The molecule has 1 aromatic rings. The van der Waals surface area contributed by atoms with Crippen molar-refractivity contribution in [1.29, 1.82) is 0 Å². The first kappa shape index (κ1) is 15.9. The number of hydrogen-bond donors (Lipinski definition) is 1. The number of likely N-dealkylation sites (N-methyl/N-ethyl adjacent to an activating group) is 2. The molecule has 0 radical (unpaired) electrons. The number of rotatable bonds is 3. The molecule has 2 rings (SSSR count). The van der Waals surface area contributed by atoms with Crippen molar-refractivity contribution in [1.82, 2.24) is 9.80 Å². The van der Waals surface area contributed by atoms with Crippen molar-refractivity contribution < 1.29 is 9.50 Å². The molecule has 1 aliphatic heterocycles. The molecule has 1 aromatic carbocycles. The molecule has 20 heavy (non-hydrogen) atoms. The molecule has 1 N–H and O–H groups in total. The minimum atomic E-state index is -0.501. The Morgan fingerprint density at radius 1 is 1.40 bits per heavy atom. The van der Waals surface area contributed by atoms with E-state index in [-0.39, 0.29) is 11.9 Å². The number of aliphatic hydroxyl groups is 1. The lowest BCUT2D eigenvalue weighted by Crippen LogP contribution is -2.47. The third-order valence-electron chi connectivity index (χ3n) is 4.02. The second-order valence-corrected chi connectivity index (χ2v) is 6.44. The zero-order valence-corrected chi connectivity index (χ0v) is 13.6. The topological polar surface area (TPSA) is 26.7 Å². The highest BCUT2D eigenvalue weighted by Gasteiger charge is 2.27. The summed E-state index contributed by atoms with van der Waals surface area (Å²) in [4.78, 5) is 4.46. The van der Waals surface area contributed by atoms with Gasteiger partial charge in [0.2, 0.25) is 0 Å². The van der Waals surface area contributed by atoms with Crippen molar-refractivity contribution in [2.75, 3.05) is 33.7 Å². The van der Waals surface area contributed by atoms with E-state index >= 15 is 0 Å². The molecular weight excluding hydrogens is 323 g/mol. The van der Waals surface area contributed by atoms with Crippen molar-refractivity contribution in [3.05, 3.63) is 34.1 Å². The fourth-order valence-electron chi connectivity index (χ4n) is 2.79. The second-order valence-electron chi connectivity index (χ2n) is 5.65. The van der Waals surface area contributed by atoms with Crippen LogP contribution in [0.1, 0.15) is 12.0 Å². The molecule has 0 amide bonds. The van der Waals surface area contributed by atoms with E-state index in [0.29, 0.717) is 10.9 Å². The Kier molecular flexibility index (Phi) is 5.55. The van der Waals surface area contributed by atoms with Gasteiger partial charge in [-0.1, -0.05) is 12.1 Å². The Balaban J connectivity index is 2.09. The van der Waals surface area contributed by atoms with Crippen LogP contribution in [0.3, 0.4) is 0 Å². The van der Waals surface area contributed by atoms with Crippen molar-refractivity contribution in [3.8, 4) is 0 Å². The number of aliphatic hydroxyl groups excluding tert-OH is 1. The SMILES string of the molecule is CN1CCCN(C)C(C(O)Cc2cccc(F)c2Br)C1. The zero-order valence-electron chi connectivity index (χ0n) is 12.0. The fourth-order valence-corrected chi connectivity index (χ4v) is 3.21. The van der Waals surface area contributed by atoms with Crippen LogP contribution in [0.25, 0.3) is 0 Å². The van der Waals surface area contributed by atoms with Gasteiger partial charge in [-0.15, -0.1) is 0 Å². The number of hydrogen-bond acceptors (Lipinski definition) is 3. The highest BCUT2D eigenvalue weighted by atomic mass is 79.9. The molecule has 1 heterocycles. The molecule has 112 valence electrons. The van der Waals surface area contributed by atoms with Crippen LogP contribution in [-0.2, 0) is 6.42 Å².